The molecule has 3 rings (SSSR count). The third kappa shape index (κ3) is 3.07. The molecular formula is C16H20ClN3O4. The molecule has 2 heterocycles. The van der Waals surface area contributed by atoms with Crippen LogP contribution in [0.15, 0.2) is 27.4 Å². The number of hydrogen-bond donors (Lipinski definition) is 1. The quantitative estimate of drug-likeness (QED) is 0.872. The van der Waals surface area contributed by atoms with E-state index in [9.17, 15) is 14.7 Å². The van der Waals surface area contributed by atoms with Crippen LogP contribution in [0.1, 0.15) is 0 Å². The Balaban J connectivity index is 1.81. The van der Waals surface area contributed by atoms with Gasteiger partial charge >= 0.3 is 5.76 Å². The number of benzene rings is 1. The van der Waals surface area contributed by atoms with Gasteiger partial charge in [0.2, 0.25) is 5.91 Å². The number of amides is 1. The van der Waals surface area contributed by atoms with Gasteiger partial charge in [0, 0.05) is 42.7 Å². The summed E-state index contributed by atoms with van der Waals surface area (Å²) in [7, 11) is 3.86. The summed E-state index contributed by atoms with van der Waals surface area (Å²) in [4.78, 5) is 28.3. The number of likely N-dealkylation sites (N-methyl/N-ethyl adjacent to an activating group) is 1. The monoisotopic (exact) mass is 353 g/mol. The number of hydrogen-bond acceptors (Lipinski definition) is 5. The average molecular weight is 354 g/mol. The van der Waals surface area contributed by atoms with Gasteiger partial charge in [-0.25, -0.2) is 4.79 Å². The van der Waals surface area contributed by atoms with E-state index in [1.54, 1.807) is 23.1 Å². The molecule has 1 amide bonds. The standard InChI is InChI=1S/C16H20ClN3O4/c1-18(2)13-7-19(6-10(13)9-21)15(22)8-20-12-4-3-11(17)5-14(12)24-16(20)23/h3-5,10,13,21H,6-9H2,1-2H3/t10-,13+/m0/s1. The molecule has 0 aliphatic carbocycles. The third-order valence-electron chi connectivity index (χ3n) is 4.58. The Morgan fingerprint density at radius 2 is 2.17 bits per heavy atom. The van der Waals surface area contributed by atoms with Crippen LogP contribution >= 0.6 is 11.6 Å². The molecule has 0 saturated carbocycles. The van der Waals surface area contributed by atoms with Crippen molar-refractivity contribution in [1.82, 2.24) is 14.4 Å². The maximum absolute atomic E-state index is 12.6. The predicted molar refractivity (Wildman–Crippen MR) is 90.1 cm³/mol. The van der Waals surface area contributed by atoms with Crippen molar-refractivity contribution in [2.24, 2.45) is 5.92 Å². The third-order valence-corrected chi connectivity index (χ3v) is 4.82. The minimum absolute atomic E-state index is 0.0144. The van der Waals surface area contributed by atoms with Gasteiger partial charge in [-0.15, -0.1) is 0 Å². The van der Waals surface area contributed by atoms with E-state index in [4.69, 9.17) is 16.0 Å². The van der Waals surface area contributed by atoms with Crippen molar-refractivity contribution in [3.8, 4) is 0 Å². The number of carbonyl (C=O) groups is 1. The highest BCUT2D eigenvalue weighted by Crippen LogP contribution is 2.22. The first kappa shape index (κ1) is 17.0. The highest BCUT2D eigenvalue weighted by Gasteiger charge is 2.36. The molecule has 2 atom stereocenters. The number of likely N-dealkylation sites (tertiary alicyclic amines) is 1. The molecule has 24 heavy (non-hydrogen) atoms. The van der Waals surface area contributed by atoms with E-state index in [1.807, 2.05) is 19.0 Å². The molecule has 0 radical (unpaired) electrons. The number of carbonyl (C=O) groups excluding carboxylic acids is 1. The highest BCUT2D eigenvalue weighted by molar-refractivity contribution is 6.31. The normalized spacial score (nSPS) is 21.1. The minimum Gasteiger partial charge on any atom is -0.408 e. The first-order valence-electron chi connectivity index (χ1n) is 7.74. The van der Waals surface area contributed by atoms with Gasteiger partial charge in [0.1, 0.15) is 6.54 Å². The largest absolute Gasteiger partial charge is 0.420 e. The van der Waals surface area contributed by atoms with Crippen molar-refractivity contribution in [1.29, 1.82) is 0 Å². The molecule has 1 saturated heterocycles. The number of rotatable bonds is 4. The van der Waals surface area contributed by atoms with Crippen LogP contribution in [-0.4, -0.2) is 65.2 Å². The fraction of sp³-hybridized carbons (Fsp3) is 0.500. The van der Waals surface area contributed by atoms with Crippen LogP contribution in [-0.2, 0) is 11.3 Å². The van der Waals surface area contributed by atoms with Crippen LogP contribution < -0.4 is 5.76 Å². The lowest BCUT2D eigenvalue weighted by molar-refractivity contribution is -0.131. The van der Waals surface area contributed by atoms with Gasteiger partial charge in [-0.2, -0.15) is 0 Å². The van der Waals surface area contributed by atoms with E-state index in [0.29, 0.717) is 29.2 Å². The molecule has 7 nitrogen and oxygen atoms in total. The summed E-state index contributed by atoms with van der Waals surface area (Å²) in [5, 5.41) is 9.97. The van der Waals surface area contributed by atoms with E-state index in [0.717, 1.165) is 0 Å². The van der Waals surface area contributed by atoms with Gasteiger partial charge < -0.3 is 19.3 Å². The highest BCUT2D eigenvalue weighted by atomic mass is 35.5. The van der Waals surface area contributed by atoms with Gasteiger partial charge in [0.05, 0.1) is 5.52 Å². The van der Waals surface area contributed by atoms with Crippen molar-refractivity contribution in [2.75, 3.05) is 33.8 Å². The van der Waals surface area contributed by atoms with Crippen molar-refractivity contribution in [3.63, 3.8) is 0 Å². The van der Waals surface area contributed by atoms with Gasteiger partial charge in [-0.1, -0.05) is 11.6 Å². The van der Waals surface area contributed by atoms with Crippen molar-refractivity contribution in [2.45, 2.75) is 12.6 Å². The molecule has 130 valence electrons. The maximum Gasteiger partial charge on any atom is 0.420 e. The lowest BCUT2D eigenvalue weighted by atomic mass is 10.0. The number of aromatic nitrogens is 1. The summed E-state index contributed by atoms with van der Waals surface area (Å²) in [6.45, 7) is 0.952. The zero-order chi connectivity index (χ0) is 17.4. The molecule has 0 bridgehead atoms. The first-order chi connectivity index (χ1) is 11.4. The zero-order valence-corrected chi connectivity index (χ0v) is 14.4. The van der Waals surface area contributed by atoms with E-state index in [2.05, 4.69) is 0 Å². The number of oxazole rings is 1. The maximum atomic E-state index is 12.6. The molecule has 0 spiro atoms. The number of aliphatic hydroxyl groups is 1. The Kier molecular flexibility index (Phi) is 4.67. The molecule has 1 aromatic heterocycles. The SMILES string of the molecule is CN(C)[C@@H]1CN(C(=O)Cn2c(=O)oc3cc(Cl)ccc32)C[C@H]1CO. The Hall–Kier alpha value is -1.83. The molecule has 1 aliphatic rings. The number of nitrogens with zero attached hydrogens (tertiary/aromatic N) is 3. The molecule has 8 heteroatoms. The van der Waals surface area contributed by atoms with Gasteiger partial charge in [-0.05, 0) is 26.2 Å². The van der Waals surface area contributed by atoms with Crippen LogP contribution in [0.3, 0.4) is 0 Å². The predicted octanol–water partition coefficient (Wildman–Crippen LogP) is 0.629. The van der Waals surface area contributed by atoms with E-state index in [-0.39, 0.29) is 31.0 Å². The number of halogens is 1. The van der Waals surface area contributed by atoms with E-state index < -0.39 is 5.76 Å². The van der Waals surface area contributed by atoms with Crippen molar-refractivity contribution < 1.29 is 14.3 Å². The fourth-order valence-corrected chi connectivity index (χ4v) is 3.41. The van der Waals surface area contributed by atoms with E-state index >= 15 is 0 Å². The number of aliphatic hydroxyl groups excluding tert-OH is 1. The number of fused-ring (bicyclic) bond motifs is 1. The summed E-state index contributed by atoms with van der Waals surface area (Å²) in [5.41, 5.74) is 0.904. The lowest BCUT2D eigenvalue weighted by Crippen LogP contribution is -2.38. The Labute approximate surface area is 144 Å². The lowest BCUT2D eigenvalue weighted by Gasteiger charge is -2.23. The summed E-state index contributed by atoms with van der Waals surface area (Å²) >= 11 is 5.89. The van der Waals surface area contributed by atoms with Crippen LogP contribution in [0.5, 0.6) is 0 Å². The van der Waals surface area contributed by atoms with Crippen LogP contribution in [0, 0.1) is 5.92 Å². The van der Waals surface area contributed by atoms with Crippen molar-refractivity contribution >= 4 is 28.6 Å². The molecule has 2 aromatic rings. The van der Waals surface area contributed by atoms with Crippen LogP contribution in [0.4, 0.5) is 0 Å². The molecule has 1 aliphatic heterocycles. The zero-order valence-electron chi connectivity index (χ0n) is 13.6. The van der Waals surface area contributed by atoms with Crippen molar-refractivity contribution in [3.05, 3.63) is 33.8 Å². The van der Waals surface area contributed by atoms with Crippen LogP contribution in [0.2, 0.25) is 5.02 Å². The van der Waals surface area contributed by atoms with Crippen LogP contribution in [0.25, 0.3) is 11.1 Å². The Morgan fingerprint density at radius 3 is 2.79 bits per heavy atom. The van der Waals surface area contributed by atoms with Gasteiger partial charge in [0.15, 0.2) is 5.58 Å². The second-order valence-corrected chi connectivity index (χ2v) is 6.77. The topological polar surface area (TPSA) is 78.9 Å². The summed E-state index contributed by atoms with van der Waals surface area (Å²) in [6.07, 6.45) is 0. The van der Waals surface area contributed by atoms with E-state index in [1.165, 1.54) is 4.57 Å². The average Bonchev–Trinajstić information content (AvgIpc) is 3.09. The Bertz CT molecular complexity index is 813. The second kappa shape index (κ2) is 6.58. The first-order valence-corrected chi connectivity index (χ1v) is 8.12. The molecule has 1 aromatic carbocycles. The molecule has 1 fully saturated rings. The van der Waals surface area contributed by atoms with Gasteiger partial charge in [-0.3, -0.25) is 9.36 Å². The summed E-state index contributed by atoms with van der Waals surface area (Å²) in [5.74, 6) is -0.735. The fourth-order valence-electron chi connectivity index (χ4n) is 3.25. The molecular weight excluding hydrogens is 334 g/mol. The summed E-state index contributed by atoms with van der Waals surface area (Å²) < 4.78 is 6.46. The second-order valence-electron chi connectivity index (χ2n) is 6.34. The summed E-state index contributed by atoms with van der Waals surface area (Å²) in [6, 6.07) is 4.98. The molecule has 1 N–H and O–H groups in total. The Morgan fingerprint density at radius 1 is 1.42 bits per heavy atom. The molecule has 0 unspecified atom stereocenters. The smallest absolute Gasteiger partial charge is 0.408 e. The minimum atomic E-state index is -0.581. The van der Waals surface area contributed by atoms with Gasteiger partial charge in [0.25, 0.3) is 0 Å².